The van der Waals surface area contributed by atoms with Gasteiger partial charge in [-0.1, -0.05) is 38.1 Å². The zero-order chi connectivity index (χ0) is 23.0. The van der Waals surface area contributed by atoms with Gasteiger partial charge in [-0.2, -0.15) is 9.41 Å². The Morgan fingerprint density at radius 1 is 1.12 bits per heavy atom. The van der Waals surface area contributed by atoms with Crippen molar-refractivity contribution >= 4 is 32.7 Å². The number of hydrogen-bond donors (Lipinski definition) is 1. The molecule has 1 aromatic heterocycles. The van der Waals surface area contributed by atoms with Gasteiger partial charge in [-0.15, -0.1) is 11.3 Å². The van der Waals surface area contributed by atoms with Crippen LogP contribution >= 0.6 is 11.3 Å². The Kier molecular flexibility index (Phi) is 8.38. The molecule has 0 unspecified atom stereocenters. The van der Waals surface area contributed by atoms with Crippen molar-refractivity contribution in [3.8, 4) is 17.0 Å². The molecule has 0 fully saturated rings. The number of anilines is 1. The molecule has 9 heteroatoms. The van der Waals surface area contributed by atoms with Gasteiger partial charge in [0.2, 0.25) is 15.2 Å². The lowest BCUT2D eigenvalue weighted by Crippen LogP contribution is -2.32. The van der Waals surface area contributed by atoms with Crippen LogP contribution in [0.4, 0.5) is 5.13 Å². The third-order valence-corrected chi connectivity index (χ3v) is 7.36. The van der Waals surface area contributed by atoms with Crippen LogP contribution in [0.5, 0.6) is 5.75 Å². The summed E-state index contributed by atoms with van der Waals surface area (Å²) in [5, 5.41) is 6.73. The summed E-state index contributed by atoms with van der Waals surface area (Å²) in [4.78, 5) is 4.83. The molecular weight excluding hydrogens is 444 g/mol. The fourth-order valence-corrected chi connectivity index (χ4v) is 5.54. The summed E-state index contributed by atoms with van der Waals surface area (Å²) in [5.41, 5.74) is 5.22. The van der Waals surface area contributed by atoms with Crippen LogP contribution in [0.15, 0.2) is 63.9 Å². The second kappa shape index (κ2) is 11.2. The van der Waals surface area contributed by atoms with E-state index in [0.29, 0.717) is 23.9 Å². The molecule has 0 saturated carbocycles. The number of benzene rings is 2. The van der Waals surface area contributed by atoms with Crippen LogP contribution in [0, 0.1) is 0 Å². The van der Waals surface area contributed by atoms with Crippen molar-refractivity contribution in [3.63, 3.8) is 0 Å². The second-order valence-electron chi connectivity index (χ2n) is 7.08. The van der Waals surface area contributed by atoms with Crippen molar-refractivity contribution in [1.82, 2.24) is 9.29 Å². The lowest BCUT2D eigenvalue weighted by Gasteiger charge is -2.21. The van der Waals surface area contributed by atoms with Gasteiger partial charge in [0.1, 0.15) is 5.75 Å². The number of ether oxygens (including phenoxy) is 1. The number of thiazole rings is 1. The highest BCUT2D eigenvalue weighted by Gasteiger charge is 2.23. The Labute approximate surface area is 193 Å². The maximum atomic E-state index is 13.1. The third kappa shape index (κ3) is 5.73. The number of nitrogens with zero attached hydrogens (tertiary/aromatic N) is 3. The molecule has 3 aromatic rings. The molecule has 7 nitrogen and oxygen atoms in total. The molecule has 0 aliphatic rings. The van der Waals surface area contributed by atoms with Gasteiger partial charge in [-0.3, -0.25) is 5.43 Å². The lowest BCUT2D eigenvalue weighted by atomic mass is 10.2. The number of hydrazone groups is 1. The van der Waals surface area contributed by atoms with Crippen LogP contribution in [-0.4, -0.2) is 44.1 Å². The van der Waals surface area contributed by atoms with Gasteiger partial charge in [0.25, 0.3) is 0 Å². The van der Waals surface area contributed by atoms with Gasteiger partial charge in [0.05, 0.1) is 23.9 Å². The summed E-state index contributed by atoms with van der Waals surface area (Å²) in [6.45, 7) is 4.98. The molecule has 1 heterocycles. The molecule has 2 aromatic carbocycles. The molecule has 0 amide bonds. The highest BCUT2D eigenvalue weighted by molar-refractivity contribution is 7.89. The van der Waals surface area contributed by atoms with E-state index in [1.165, 1.54) is 11.3 Å². The zero-order valence-corrected chi connectivity index (χ0v) is 20.1. The monoisotopic (exact) mass is 472 g/mol. The van der Waals surface area contributed by atoms with E-state index in [2.05, 4.69) is 15.5 Å². The fourth-order valence-electron chi connectivity index (χ4n) is 3.20. The number of aromatic nitrogens is 1. The van der Waals surface area contributed by atoms with Crippen molar-refractivity contribution in [2.45, 2.75) is 31.6 Å². The molecule has 32 heavy (non-hydrogen) atoms. The van der Waals surface area contributed by atoms with E-state index in [1.807, 2.05) is 49.6 Å². The molecule has 0 atom stereocenters. The van der Waals surface area contributed by atoms with E-state index in [9.17, 15) is 8.42 Å². The molecule has 0 saturated heterocycles. The van der Waals surface area contributed by atoms with Gasteiger partial charge in [-0.05, 0) is 37.1 Å². The summed E-state index contributed by atoms with van der Waals surface area (Å²) < 4.78 is 33.1. The molecular formula is C23H28N4O3S2. The highest BCUT2D eigenvalue weighted by Crippen LogP contribution is 2.28. The van der Waals surface area contributed by atoms with Gasteiger partial charge >= 0.3 is 0 Å². The molecule has 170 valence electrons. The number of nitrogens with one attached hydrogen (secondary N) is 1. The highest BCUT2D eigenvalue weighted by atomic mass is 32.2. The molecule has 0 aliphatic carbocycles. The minimum atomic E-state index is -3.54. The first-order valence-electron chi connectivity index (χ1n) is 10.5. The molecule has 0 spiro atoms. The predicted octanol–water partition coefficient (Wildman–Crippen LogP) is 5.08. The summed E-state index contributed by atoms with van der Waals surface area (Å²) in [5.74, 6) is 0.732. The number of methoxy groups -OCH3 is 1. The van der Waals surface area contributed by atoms with Crippen LogP contribution in [0.2, 0.25) is 0 Å². The van der Waals surface area contributed by atoms with Crippen LogP contribution in [0.3, 0.4) is 0 Å². The Morgan fingerprint density at radius 3 is 2.59 bits per heavy atom. The zero-order valence-electron chi connectivity index (χ0n) is 18.5. The minimum Gasteiger partial charge on any atom is -0.496 e. The average Bonchev–Trinajstić information content (AvgIpc) is 3.28. The Bertz CT molecular complexity index is 1150. The van der Waals surface area contributed by atoms with Crippen LogP contribution < -0.4 is 10.2 Å². The topological polar surface area (TPSA) is 83.9 Å². The molecule has 0 aliphatic heterocycles. The van der Waals surface area contributed by atoms with E-state index in [-0.39, 0.29) is 4.90 Å². The van der Waals surface area contributed by atoms with Gasteiger partial charge in [-0.25, -0.2) is 13.4 Å². The maximum absolute atomic E-state index is 13.1. The second-order valence-corrected chi connectivity index (χ2v) is 9.88. The summed E-state index contributed by atoms with van der Waals surface area (Å²) >= 11 is 1.40. The SMILES string of the molecule is CCCN(CCC)S(=O)(=O)c1cccc(-c2csc(N/N=C/c3ccccc3OC)n2)c1. The first kappa shape index (κ1) is 23.9. The minimum absolute atomic E-state index is 0.286. The van der Waals surface area contributed by atoms with Gasteiger partial charge in [0, 0.05) is 29.6 Å². The Hall–Kier alpha value is -2.75. The predicted molar refractivity (Wildman–Crippen MR) is 131 cm³/mol. The molecule has 1 N–H and O–H groups in total. The number of para-hydroxylation sites is 1. The average molecular weight is 473 g/mol. The van der Waals surface area contributed by atoms with Crippen LogP contribution in [-0.2, 0) is 10.0 Å². The van der Waals surface area contributed by atoms with Crippen LogP contribution in [0.1, 0.15) is 32.3 Å². The number of hydrogen-bond acceptors (Lipinski definition) is 7. The van der Waals surface area contributed by atoms with Crippen molar-refractivity contribution in [2.24, 2.45) is 5.10 Å². The van der Waals surface area contributed by atoms with Crippen LogP contribution in [0.25, 0.3) is 11.3 Å². The smallest absolute Gasteiger partial charge is 0.243 e. The van der Waals surface area contributed by atoms with Crippen molar-refractivity contribution in [3.05, 3.63) is 59.5 Å². The van der Waals surface area contributed by atoms with Gasteiger partial charge in [0.15, 0.2) is 0 Å². The lowest BCUT2D eigenvalue weighted by molar-refractivity contribution is 0.410. The summed E-state index contributed by atoms with van der Waals surface area (Å²) in [7, 11) is -1.93. The van der Waals surface area contributed by atoms with E-state index in [1.54, 1.807) is 35.8 Å². The normalized spacial score (nSPS) is 11.9. The molecule has 0 bridgehead atoms. The number of sulfonamides is 1. The van der Waals surface area contributed by atoms with E-state index in [4.69, 9.17) is 4.74 Å². The standard InChI is InChI=1S/C23H28N4O3S2/c1-4-13-27(14-5-2)32(28,29)20-11-8-10-18(15-20)21-17-31-23(25-21)26-24-16-19-9-6-7-12-22(19)30-3/h6-12,15-17H,4-5,13-14H2,1-3H3,(H,25,26)/b24-16+. The van der Waals surface area contributed by atoms with Gasteiger partial charge < -0.3 is 4.74 Å². The Morgan fingerprint density at radius 2 is 1.88 bits per heavy atom. The first-order chi connectivity index (χ1) is 15.5. The number of rotatable bonds is 11. The van der Waals surface area contributed by atoms with Crippen molar-refractivity contribution < 1.29 is 13.2 Å². The first-order valence-corrected chi connectivity index (χ1v) is 12.8. The van der Waals surface area contributed by atoms with E-state index < -0.39 is 10.0 Å². The third-order valence-electron chi connectivity index (χ3n) is 4.72. The Balaban J connectivity index is 1.77. The fraction of sp³-hybridized carbons (Fsp3) is 0.304. The summed E-state index contributed by atoms with van der Waals surface area (Å²) in [6, 6.07) is 14.5. The maximum Gasteiger partial charge on any atom is 0.243 e. The van der Waals surface area contributed by atoms with E-state index >= 15 is 0 Å². The van der Waals surface area contributed by atoms with E-state index in [0.717, 1.165) is 29.7 Å². The van der Waals surface area contributed by atoms with Crippen molar-refractivity contribution in [2.75, 3.05) is 25.6 Å². The largest absolute Gasteiger partial charge is 0.496 e. The quantitative estimate of drug-likeness (QED) is 0.311. The summed E-state index contributed by atoms with van der Waals surface area (Å²) in [6.07, 6.45) is 3.22. The molecule has 3 rings (SSSR count). The van der Waals surface area contributed by atoms with Crippen molar-refractivity contribution in [1.29, 1.82) is 0 Å². The molecule has 0 radical (unpaired) electrons.